The lowest BCUT2D eigenvalue weighted by molar-refractivity contribution is 0.685. The summed E-state index contributed by atoms with van der Waals surface area (Å²) in [5.74, 6) is 0.889. The number of benzene rings is 1. The van der Waals surface area contributed by atoms with E-state index in [4.69, 9.17) is 11.6 Å². The first-order chi connectivity index (χ1) is 11.9. The number of hydrogen-bond acceptors (Lipinski definition) is 4. The van der Waals surface area contributed by atoms with Gasteiger partial charge in [-0.15, -0.1) is 0 Å². The first kappa shape index (κ1) is 18.8. The van der Waals surface area contributed by atoms with Crippen molar-refractivity contribution in [2.24, 2.45) is 0 Å². The third kappa shape index (κ3) is 3.77. The monoisotopic (exact) mass is 507 g/mol. The van der Waals surface area contributed by atoms with Gasteiger partial charge >= 0.3 is 0 Å². The molecule has 3 rings (SSSR count). The molecule has 1 aromatic carbocycles. The average molecular weight is 508 g/mol. The second-order valence-corrected chi connectivity index (χ2v) is 9.15. The summed E-state index contributed by atoms with van der Waals surface area (Å²) < 4.78 is 15.6. The van der Waals surface area contributed by atoms with Gasteiger partial charge in [-0.25, -0.2) is 14.2 Å². The van der Waals surface area contributed by atoms with E-state index in [1.54, 1.807) is 23.7 Å². The van der Waals surface area contributed by atoms with Crippen molar-refractivity contribution in [2.45, 2.75) is 6.92 Å². The highest BCUT2D eigenvalue weighted by Gasteiger charge is 2.16. The SMILES string of the molecule is Cc1nc2c(Nc3ccccc3N(C)S(C)=O)cc(Cl)nc2n1PI. The van der Waals surface area contributed by atoms with E-state index in [1.165, 1.54) is 0 Å². The molecule has 132 valence electrons. The largest absolute Gasteiger partial charge is 0.352 e. The van der Waals surface area contributed by atoms with Crippen LogP contribution in [0.4, 0.5) is 17.1 Å². The smallest absolute Gasteiger partial charge is 0.167 e. The van der Waals surface area contributed by atoms with Crippen LogP contribution in [0.25, 0.3) is 11.2 Å². The Morgan fingerprint density at radius 3 is 2.72 bits per heavy atom. The van der Waals surface area contributed by atoms with E-state index in [0.717, 1.165) is 34.1 Å². The number of aromatic nitrogens is 3. The first-order valence-electron chi connectivity index (χ1n) is 7.28. The Bertz CT molecular complexity index is 966. The summed E-state index contributed by atoms with van der Waals surface area (Å²) in [6, 6.07) is 9.45. The van der Waals surface area contributed by atoms with Crippen molar-refractivity contribution in [3.63, 3.8) is 0 Å². The Morgan fingerprint density at radius 1 is 1.32 bits per heavy atom. The van der Waals surface area contributed by atoms with E-state index in [1.807, 2.05) is 35.5 Å². The molecule has 0 aliphatic rings. The number of pyridine rings is 1. The standard InChI is InChI=1S/C15H16ClIN5OPS/c1-9-18-14-11(8-13(16)20-15(14)22(9)24-17)19-10-6-4-5-7-12(10)21(2)25(3)23/h4-8,24H,1-3H3,(H,19,20). The normalized spacial score (nSPS) is 12.8. The fourth-order valence-electron chi connectivity index (χ4n) is 2.46. The Morgan fingerprint density at radius 2 is 2.04 bits per heavy atom. The molecule has 2 atom stereocenters. The zero-order valence-electron chi connectivity index (χ0n) is 13.7. The molecule has 2 aromatic heterocycles. The van der Waals surface area contributed by atoms with Crippen LogP contribution in [0.3, 0.4) is 0 Å². The molecule has 2 unspecified atom stereocenters. The molecule has 0 aliphatic carbocycles. The first-order valence-corrected chi connectivity index (χ1v) is 13.2. The van der Waals surface area contributed by atoms with Gasteiger partial charge in [0.05, 0.1) is 23.4 Å². The molecule has 0 saturated heterocycles. The van der Waals surface area contributed by atoms with Crippen molar-refractivity contribution in [3.05, 3.63) is 41.3 Å². The Kier molecular flexibility index (Phi) is 5.82. The summed E-state index contributed by atoms with van der Waals surface area (Å²) in [6.07, 6.45) is 2.13. The molecule has 2 heterocycles. The van der Waals surface area contributed by atoms with Crippen molar-refractivity contribution in [3.8, 4) is 0 Å². The second-order valence-electron chi connectivity index (χ2n) is 5.31. The van der Waals surface area contributed by atoms with Gasteiger partial charge in [-0.3, -0.25) is 8.64 Å². The Hall–Kier alpha value is -0.960. The lowest BCUT2D eigenvalue weighted by atomic mass is 10.2. The van der Waals surface area contributed by atoms with Crippen molar-refractivity contribution < 1.29 is 4.21 Å². The van der Waals surface area contributed by atoms with Crippen LogP contribution in [0.2, 0.25) is 5.15 Å². The molecule has 0 aliphatic heterocycles. The number of nitrogens with one attached hydrogen (secondary N) is 1. The lowest BCUT2D eigenvalue weighted by Gasteiger charge is -2.20. The summed E-state index contributed by atoms with van der Waals surface area (Å²) in [5.41, 5.74) is 3.95. The van der Waals surface area contributed by atoms with Gasteiger partial charge < -0.3 is 5.32 Å². The lowest BCUT2D eigenvalue weighted by Crippen LogP contribution is -2.19. The minimum Gasteiger partial charge on any atom is -0.352 e. The van der Waals surface area contributed by atoms with Crippen LogP contribution in [0.15, 0.2) is 30.3 Å². The fraction of sp³-hybridized carbons (Fsp3) is 0.200. The molecule has 0 amide bonds. The minimum absolute atomic E-state index is 0.399. The van der Waals surface area contributed by atoms with Gasteiger partial charge in [0.1, 0.15) is 27.5 Å². The fourth-order valence-corrected chi connectivity index (χ4v) is 5.23. The van der Waals surface area contributed by atoms with Crippen LogP contribution >= 0.6 is 40.0 Å². The summed E-state index contributed by atoms with van der Waals surface area (Å²) in [6.45, 7) is 1.95. The van der Waals surface area contributed by atoms with Crippen LogP contribution in [0.5, 0.6) is 0 Å². The highest BCUT2D eigenvalue weighted by Crippen LogP contribution is 2.36. The van der Waals surface area contributed by atoms with Gasteiger partial charge in [-0.1, -0.05) is 23.7 Å². The van der Waals surface area contributed by atoms with E-state index >= 15 is 0 Å². The van der Waals surface area contributed by atoms with Crippen LogP contribution in [0, 0.1) is 6.92 Å². The predicted octanol–water partition coefficient (Wildman–Crippen LogP) is 4.66. The number of aryl methyl sites for hydroxylation is 1. The molecule has 0 spiro atoms. The van der Waals surface area contributed by atoms with Crippen LogP contribution in [-0.2, 0) is 11.0 Å². The zero-order valence-corrected chi connectivity index (χ0v) is 18.5. The maximum absolute atomic E-state index is 11.9. The van der Waals surface area contributed by atoms with Crippen molar-refractivity contribution in [1.82, 2.24) is 14.3 Å². The van der Waals surface area contributed by atoms with Crippen molar-refractivity contribution in [1.29, 1.82) is 0 Å². The average Bonchev–Trinajstić information content (AvgIpc) is 2.90. The summed E-state index contributed by atoms with van der Waals surface area (Å²) in [7, 11) is 0.667. The maximum Gasteiger partial charge on any atom is 0.167 e. The highest BCUT2D eigenvalue weighted by molar-refractivity contribution is 14.2. The number of nitrogens with zero attached hydrogens (tertiary/aromatic N) is 4. The van der Waals surface area contributed by atoms with Gasteiger partial charge in [0.2, 0.25) is 0 Å². The Labute approximate surface area is 168 Å². The van der Waals surface area contributed by atoms with Crippen LogP contribution < -0.4 is 9.62 Å². The summed E-state index contributed by atoms with van der Waals surface area (Å²) >= 11 is 8.53. The number of fused-ring (bicyclic) bond motifs is 1. The van der Waals surface area contributed by atoms with E-state index in [9.17, 15) is 4.21 Å². The van der Waals surface area contributed by atoms with E-state index in [0.29, 0.717) is 11.5 Å². The topological polar surface area (TPSA) is 63.1 Å². The molecule has 6 nitrogen and oxygen atoms in total. The van der Waals surface area contributed by atoms with Gasteiger partial charge in [0.25, 0.3) is 0 Å². The van der Waals surface area contributed by atoms with Crippen LogP contribution in [-0.4, -0.2) is 31.8 Å². The predicted molar refractivity (Wildman–Crippen MR) is 117 cm³/mol. The number of imidazole rings is 1. The molecule has 0 fully saturated rings. The highest BCUT2D eigenvalue weighted by atomic mass is 127. The van der Waals surface area contributed by atoms with Crippen LogP contribution in [0.1, 0.15) is 5.82 Å². The number of rotatable bonds is 5. The molecule has 0 bridgehead atoms. The van der Waals surface area contributed by atoms with Gasteiger partial charge in [-0.05, 0) is 41.1 Å². The Balaban J connectivity index is 2.12. The summed E-state index contributed by atoms with van der Waals surface area (Å²) in [5, 5.41) is 3.78. The van der Waals surface area contributed by atoms with Gasteiger partial charge in [0, 0.05) is 19.4 Å². The molecule has 0 saturated carbocycles. The van der Waals surface area contributed by atoms with E-state index in [2.05, 4.69) is 37.3 Å². The number of anilines is 3. The number of para-hydroxylation sites is 2. The summed E-state index contributed by atoms with van der Waals surface area (Å²) in [4.78, 5) is 9.06. The minimum atomic E-state index is -1.13. The number of hydrogen-bond donors (Lipinski definition) is 1. The van der Waals surface area contributed by atoms with E-state index < -0.39 is 11.0 Å². The van der Waals surface area contributed by atoms with Crippen molar-refractivity contribution in [2.75, 3.05) is 22.9 Å². The molecular weight excluding hydrogens is 492 g/mol. The quantitative estimate of drug-likeness (QED) is 0.310. The second kappa shape index (κ2) is 7.73. The molecule has 1 N–H and O–H groups in total. The third-order valence-electron chi connectivity index (χ3n) is 3.73. The molecular formula is C15H16ClIN5OPS. The molecule has 3 aromatic rings. The van der Waals surface area contributed by atoms with E-state index in [-0.39, 0.29) is 0 Å². The van der Waals surface area contributed by atoms with Gasteiger partial charge in [0.15, 0.2) is 5.65 Å². The maximum atomic E-state index is 11.9. The zero-order chi connectivity index (χ0) is 18.1. The number of halogens is 2. The van der Waals surface area contributed by atoms with Gasteiger partial charge in [-0.2, -0.15) is 0 Å². The molecule has 25 heavy (non-hydrogen) atoms. The molecule has 10 heteroatoms. The third-order valence-corrected chi connectivity index (χ3v) is 7.05. The molecule has 0 radical (unpaired) electrons. The van der Waals surface area contributed by atoms with Crippen molar-refractivity contribution >= 4 is 79.2 Å².